The van der Waals surface area contributed by atoms with Crippen molar-refractivity contribution in [2.24, 2.45) is 10.2 Å². The number of hydrogen-bond acceptors (Lipinski definition) is 4. The highest BCUT2D eigenvalue weighted by Gasteiger charge is 2.24. The summed E-state index contributed by atoms with van der Waals surface area (Å²) in [6.07, 6.45) is 8.23. The molecule has 2 aromatic rings. The maximum atomic E-state index is 4.33. The highest BCUT2D eigenvalue weighted by molar-refractivity contribution is 5.67. The Hall–Kier alpha value is -2.17. The smallest absolute Gasteiger partial charge is 0.246 e. The maximum absolute atomic E-state index is 4.33. The van der Waals surface area contributed by atoms with Crippen LogP contribution in [-0.4, -0.2) is 23.1 Å². The molecule has 0 radical (unpaired) electrons. The van der Waals surface area contributed by atoms with E-state index in [1.807, 2.05) is 0 Å². The average Bonchev–Trinajstić information content (AvgIpc) is 2.99. The lowest BCUT2D eigenvalue weighted by atomic mass is 9.91. The van der Waals surface area contributed by atoms with Crippen LogP contribution in [0.1, 0.15) is 24.0 Å². The molecule has 3 heterocycles. The van der Waals surface area contributed by atoms with E-state index in [0.29, 0.717) is 5.95 Å². The summed E-state index contributed by atoms with van der Waals surface area (Å²) in [5.41, 5.74) is 5.28. The van der Waals surface area contributed by atoms with Crippen LogP contribution in [0.4, 0.5) is 17.3 Å². The van der Waals surface area contributed by atoms with Gasteiger partial charge in [-0.15, -0.1) is 10.2 Å². The van der Waals surface area contributed by atoms with Crippen LogP contribution in [0.3, 0.4) is 0 Å². The summed E-state index contributed by atoms with van der Waals surface area (Å²) in [6, 6.07) is 4.37. The van der Waals surface area contributed by atoms with Crippen LogP contribution in [0.5, 0.6) is 0 Å². The fraction of sp³-hybridized carbons (Fsp3) is 0.400. The number of azo groups is 1. The molecule has 0 aliphatic carbocycles. The molecule has 1 aromatic heterocycles. The molecule has 2 aliphatic rings. The molecule has 0 atom stereocenters. The van der Waals surface area contributed by atoms with Crippen molar-refractivity contribution in [3.63, 3.8) is 0 Å². The third kappa shape index (κ3) is 1.99. The first kappa shape index (κ1) is 11.6. The number of nitrogens with zero attached hydrogens (tertiary/aromatic N) is 4. The van der Waals surface area contributed by atoms with Crippen LogP contribution < -0.4 is 4.90 Å². The Balaban J connectivity index is 1.72. The minimum Gasteiger partial charge on any atom is -0.371 e. The topological polar surface area (TPSA) is 56.6 Å². The Kier molecular flexibility index (Phi) is 2.76. The van der Waals surface area contributed by atoms with E-state index in [0.717, 1.165) is 18.5 Å². The van der Waals surface area contributed by atoms with Gasteiger partial charge in [0.05, 0.1) is 5.69 Å². The predicted molar refractivity (Wildman–Crippen MR) is 78.1 cm³/mol. The predicted octanol–water partition coefficient (Wildman–Crippen LogP) is 3.52. The largest absolute Gasteiger partial charge is 0.371 e. The number of rotatable bonds is 2. The number of imidazole rings is 1. The van der Waals surface area contributed by atoms with Crippen LogP contribution in [0.25, 0.3) is 0 Å². The van der Waals surface area contributed by atoms with E-state index in [4.69, 9.17) is 0 Å². The van der Waals surface area contributed by atoms with E-state index < -0.39 is 0 Å². The first-order valence-electron chi connectivity index (χ1n) is 7.22. The normalized spacial score (nSPS) is 17.5. The van der Waals surface area contributed by atoms with Crippen molar-refractivity contribution in [3.05, 3.63) is 35.7 Å². The summed E-state index contributed by atoms with van der Waals surface area (Å²) in [4.78, 5) is 9.53. The summed E-state index contributed by atoms with van der Waals surface area (Å²) in [6.45, 7) is 2.40. The minimum absolute atomic E-state index is 0.554. The van der Waals surface area contributed by atoms with E-state index in [1.54, 1.807) is 12.4 Å². The molecule has 4 rings (SSSR count). The number of aryl methyl sites for hydroxylation is 2. The molecular formula is C15H17N5. The molecule has 0 bridgehead atoms. The van der Waals surface area contributed by atoms with E-state index in [9.17, 15) is 0 Å². The Morgan fingerprint density at radius 2 is 1.80 bits per heavy atom. The second-order valence-corrected chi connectivity index (χ2v) is 5.42. The molecule has 1 N–H and O–H groups in total. The first-order valence-corrected chi connectivity index (χ1v) is 7.22. The van der Waals surface area contributed by atoms with E-state index in [2.05, 4.69) is 37.2 Å². The standard InChI is InChI=1S/C15H17N5/c1-3-11-9-13(18-19-15-16-5-6-17-15)10-12-4-2-8-20(7-1)14(11)12/h5-6,9-10H,1-4,7-8H2,(H,16,17)/b19-18+. The third-order valence-corrected chi connectivity index (χ3v) is 4.06. The van der Waals surface area contributed by atoms with Crippen molar-refractivity contribution >= 4 is 17.3 Å². The van der Waals surface area contributed by atoms with Gasteiger partial charge in [0.2, 0.25) is 5.95 Å². The van der Waals surface area contributed by atoms with Crippen LogP contribution >= 0.6 is 0 Å². The first-order chi connectivity index (χ1) is 9.90. The number of H-pyrrole nitrogens is 1. The van der Waals surface area contributed by atoms with E-state index in [1.165, 1.54) is 42.7 Å². The number of benzene rings is 1. The van der Waals surface area contributed by atoms with Gasteiger partial charge in [-0.25, -0.2) is 4.98 Å². The lowest BCUT2D eigenvalue weighted by Gasteiger charge is -2.36. The summed E-state index contributed by atoms with van der Waals surface area (Å²) in [7, 11) is 0. The third-order valence-electron chi connectivity index (χ3n) is 4.06. The molecular weight excluding hydrogens is 250 g/mol. The zero-order valence-electron chi connectivity index (χ0n) is 11.3. The molecule has 20 heavy (non-hydrogen) atoms. The average molecular weight is 267 g/mol. The second-order valence-electron chi connectivity index (χ2n) is 5.42. The van der Waals surface area contributed by atoms with Gasteiger partial charge >= 0.3 is 0 Å². The van der Waals surface area contributed by atoms with Crippen LogP contribution in [-0.2, 0) is 12.8 Å². The lowest BCUT2D eigenvalue weighted by molar-refractivity contribution is 0.634. The monoisotopic (exact) mass is 267 g/mol. The molecule has 0 unspecified atom stereocenters. The highest BCUT2D eigenvalue weighted by atomic mass is 15.2. The Morgan fingerprint density at radius 1 is 1.05 bits per heavy atom. The summed E-state index contributed by atoms with van der Waals surface area (Å²) in [5.74, 6) is 0.554. The number of hydrogen-bond donors (Lipinski definition) is 1. The Labute approximate surface area is 117 Å². The summed E-state index contributed by atoms with van der Waals surface area (Å²) in [5, 5.41) is 8.47. The minimum atomic E-state index is 0.554. The highest BCUT2D eigenvalue weighted by Crippen LogP contribution is 2.38. The molecule has 102 valence electrons. The second kappa shape index (κ2) is 4.74. The summed E-state index contributed by atoms with van der Waals surface area (Å²) < 4.78 is 0. The zero-order chi connectivity index (χ0) is 13.4. The van der Waals surface area contributed by atoms with E-state index in [-0.39, 0.29) is 0 Å². The van der Waals surface area contributed by atoms with Crippen LogP contribution in [0.2, 0.25) is 0 Å². The van der Waals surface area contributed by atoms with Gasteiger partial charge in [0, 0.05) is 31.2 Å². The Morgan fingerprint density at radius 3 is 2.45 bits per heavy atom. The maximum Gasteiger partial charge on any atom is 0.246 e. The molecule has 5 nitrogen and oxygen atoms in total. The van der Waals surface area contributed by atoms with Crippen LogP contribution in [0.15, 0.2) is 34.8 Å². The quantitative estimate of drug-likeness (QED) is 0.846. The van der Waals surface area contributed by atoms with Crippen LogP contribution in [0, 0.1) is 0 Å². The molecule has 2 aliphatic heterocycles. The SMILES string of the molecule is c1c[nH]c(/N=N/c2cc3c4c(c2)CCCN4CCC3)n1. The number of aromatic nitrogens is 2. The molecule has 1 aromatic carbocycles. The van der Waals surface area contributed by atoms with Gasteiger partial charge in [-0.05, 0) is 48.9 Å². The molecule has 0 saturated carbocycles. The van der Waals surface area contributed by atoms with Gasteiger partial charge in [-0.3, -0.25) is 0 Å². The fourth-order valence-corrected chi connectivity index (χ4v) is 3.26. The van der Waals surface area contributed by atoms with Crippen molar-refractivity contribution in [1.29, 1.82) is 0 Å². The lowest BCUT2D eigenvalue weighted by Crippen LogP contribution is -2.34. The van der Waals surface area contributed by atoms with Crippen molar-refractivity contribution in [1.82, 2.24) is 9.97 Å². The number of nitrogens with one attached hydrogen (secondary N) is 1. The molecule has 5 heteroatoms. The van der Waals surface area contributed by atoms with Crippen molar-refractivity contribution < 1.29 is 0 Å². The van der Waals surface area contributed by atoms with E-state index >= 15 is 0 Å². The van der Waals surface area contributed by atoms with Gasteiger partial charge in [0.1, 0.15) is 0 Å². The van der Waals surface area contributed by atoms with Gasteiger partial charge in [-0.2, -0.15) is 0 Å². The van der Waals surface area contributed by atoms with Gasteiger partial charge in [0.15, 0.2) is 0 Å². The molecule has 0 amide bonds. The molecule has 0 saturated heterocycles. The van der Waals surface area contributed by atoms with Crippen molar-refractivity contribution in [3.8, 4) is 0 Å². The Bertz CT molecular complexity index is 613. The molecule has 0 fully saturated rings. The van der Waals surface area contributed by atoms with Gasteiger partial charge < -0.3 is 9.88 Å². The zero-order valence-corrected chi connectivity index (χ0v) is 11.3. The summed E-state index contributed by atoms with van der Waals surface area (Å²) >= 11 is 0. The van der Waals surface area contributed by atoms with Crippen molar-refractivity contribution in [2.75, 3.05) is 18.0 Å². The number of anilines is 1. The number of aromatic amines is 1. The fourth-order valence-electron chi connectivity index (χ4n) is 3.26. The molecule has 0 spiro atoms. The van der Waals surface area contributed by atoms with Gasteiger partial charge in [0.25, 0.3) is 0 Å². The van der Waals surface area contributed by atoms with Crippen molar-refractivity contribution in [2.45, 2.75) is 25.7 Å². The van der Waals surface area contributed by atoms with Gasteiger partial charge in [-0.1, -0.05) is 0 Å².